The van der Waals surface area contributed by atoms with Gasteiger partial charge in [0, 0.05) is 23.2 Å². The van der Waals surface area contributed by atoms with Crippen LogP contribution in [0.15, 0.2) is 30.5 Å². The summed E-state index contributed by atoms with van der Waals surface area (Å²) in [4.78, 5) is 0. The van der Waals surface area contributed by atoms with Crippen LogP contribution in [0.5, 0.6) is 0 Å². The van der Waals surface area contributed by atoms with E-state index in [-0.39, 0.29) is 0 Å². The number of benzene rings is 1. The minimum Gasteiger partial charge on any atom is -0.264 e. The molecule has 0 aliphatic rings. The van der Waals surface area contributed by atoms with E-state index in [1.54, 1.807) is 6.20 Å². The second kappa shape index (κ2) is 3.84. The Balaban J connectivity index is 2.54. The quantitative estimate of drug-likeness (QED) is 0.737. The van der Waals surface area contributed by atoms with Crippen LogP contribution in [-0.4, -0.2) is 9.78 Å². The second-order valence-electron chi connectivity index (χ2n) is 2.93. The summed E-state index contributed by atoms with van der Waals surface area (Å²) in [5.41, 5.74) is 1.92. The van der Waals surface area contributed by atoms with Gasteiger partial charge in [-0.3, -0.25) is 4.68 Å². The van der Waals surface area contributed by atoms with E-state index >= 15 is 0 Å². The number of halogens is 1. The van der Waals surface area contributed by atoms with Crippen molar-refractivity contribution < 1.29 is 0 Å². The van der Waals surface area contributed by atoms with Gasteiger partial charge in [-0.2, -0.15) is 5.10 Å². The van der Waals surface area contributed by atoms with Crippen molar-refractivity contribution in [2.24, 2.45) is 0 Å². The van der Waals surface area contributed by atoms with Crippen molar-refractivity contribution in [1.29, 1.82) is 0 Å². The SMILES string of the molecule is CCn1nc[c]c1-c1ccccc1Cl. The van der Waals surface area contributed by atoms with E-state index in [0.717, 1.165) is 22.8 Å². The fraction of sp³-hybridized carbons (Fsp3) is 0.182. The first-order valence-electron chi connectivity index (χ1n) is 4.51. The average molecular weight is 206 g/mol. The monoisotopic (exact) mass is 205 g/mol. The van der Waals surface area contributed by atoms with Crippen molar-refractivity contribution in [1.82, 2.24) is 9.78 Å². The molecule has 0 amide bonds. The van der Waals surface area contributed by atoms with Crippen molar-refractivity contribution in [3.63, 3.8) is 0 Å². The molecular formula is C11H10ClN2. The van der Waals surface area contributed by atoms with Crippen molar-refractivity contribution in [2.75, 3.05) is 0 Å². The van der Waals surface area contributed by atoms with Crippen LogP contribution < -0.4 is 0 Å². The molecule has 0 aliphatic heterocycles. The Morgan fingerprint density at radius 2 is 2.21 bits per heavy atom. The summed E-state index contributed by atoms with van der Waals surface area (Å²) in [6.45, 7) is 2.87. The lowest BCUT2D eigenvalue weighted by atomic mass is 10.1. The van der Waals surface area contributed by atoms with Crippen LogP contribution in [0.25, 0.3) is 11.3 Å². The summed E-state index contributed by atoms with van der Waals surface area (Å²) in [6.07, 6.45) is 1.67. The zero-order chi connectivity index (χ0) is 9.97. The van der Waals surface area contributed by atoms with Crippen molar-refractivity contribution in [3.8, 4) is 11.3 Å². The number of hydrogen-bond acceptors (Lipinski definition) is 1. The lowest BCUT2D eigenvalue weighted by Gasteiger charge is -2.05. The third-order valence-corrected chi connectivity index (χ3v) is 2.41. The Morgan fingerprint density at radius 3 is 2.93 bits per heavy atom. The van der Waals surface area contributed by atoms with Gasteiger partial charge in [0.15, 0.2) is 0 Å². The molecule has 2 aromatic rings. The van der Waals surface area contributed by atoms with E-state index in [0.29, 0.717) is 0 Å². The van der Waals surface area contributed by atoms with Crippen molar-refractivity contribution in [3.05, 3.63) is 41.6 Å². The summed E-state index contributed by atoms with van der Waals surface area (Å²) in [7, 11) is 0. The Kier molecular flexibility index (Phi) is 2.55. The van der Waals surface area contributed by atoms with Crippen LogP contribution in [0, 0.1) is 6.07 Å². The fourth-order valence-electron chi connectivity index (χ4n) is 1.40. The largest absolute Gasteiger partial charge is 0.264 e. The Bertz CT molecular complexity index is 434. The Labute approximate surface area is 88.1 Å². The van der Waals surface area contributed by atoms with Gasteiger partial charge in [0.25, 0.3) is 0 Å². The number of nitrogens with zero attached hydrogens (tertiary/aromatic N) is 2. The maximum Gasteiger partial charge on any atom is 0.0776 e. The first-order chi connectivity index (χ1) is 6.83. The molecule has 1 aromatic carbocycles. The molecule has 0 unspecified atom stereocenters. The first-order valence-corrected chi connectivity index (χ1v) is 4.89. The van der Waals surface area contributed by atoms with Crippen LogP contribution in [-0.2, 0) is 6.54 Å². The lowest BCUT2D eigenvalue weighted by molar-refractivity contribution is 0.667. The van der Waals surface area contributed by atoms with Crippen LogP contribution in [0.4, 0.5) is 0 Å². The van der Waals surface area contributed by atoms with Crippen LogP contribution in [0.3, 0.4) is 0 Å². The van der Waals surface area contributed by atoms with E-state index in [1.807, 2.05) is 35.9 Å². The maximum atomic E-state index is 6.08. The summed E-state index contributed by atoms with van der Waals surface area (Å²) in [5, 5.41) is 4.89. The minimum atomic E-state index is 0.735. The Hall–Kier alpha value is -1.28. The van der Waals surface area contributed by atoms with E-state index in [1.165, 1.54) is 0 Å². The van der Waals surface area contributed by atoms with Gasteiger partial charge in [0.05, 0.1) is 11.9 Å². The maximum absolute atomic E-state index is 6.08. The van der Waals surface area contributed by atoms with E-state index < -0.39 is 0 Å². The molecule has 14 heavy (non-hydrogen) atoms. The van der Waals surface area contributed by atoms with E-state index in [9.17, 15) is 0 Å². The standard InChI is InChI=1S/C11H10ClN2/c1-2-14-11(7-8-13-14)9-5-3-4-6-10(9)12/h3-6,8H,2H2,1H3. The predicted molar refractivity (Wildman–Crippen MR) is 57.2 cm³/mol. The normalized spacial score (nSPS) is 10.4. The summed E-state index contributed by atoms with van der Waals surface area (Å²) < 4.78 is 1.88. The zero-order valence-corrected chi connectivity index (χ0v) is 8.62. The van der Waals surface area contributed by atoms with Gasteiger partial charge in [0.2, 0.25) is 0 Å². The topological polar surface area (TPSA) is 17.8 Å². The fourth-order valence-corrected chi connectivity index (χ4v) is 1.63. The molecular weight excluding hydrogens is 196 g/mol. The number of hydrogen-bond donors (Lipinski definition) is 0. The molecule has 0 atom stereocenters. The molecule has 3 heteroatoms. The van der Waals surface area contributed by atoms with Crippen molar-refractivity contribution >= 4 is 11.6 Å². The predicted octanol–water partition coefficient (Wildman–Crippen LogP) is 3.02. The average Bonchev–Trinajstić information content (AvgIpc) is 2.66. The molecule has 2 nitrogen and oxygen atoms in total. The third kappa shape index (κ3) is 1.53. The highest BCUT2D eigenvalue weighted by Crippen LogP contribution is 2.26. The Morgan fingerprint density at radius 1 is 1.43 bits per heavy atom. The lowest BCUT2D eigenvalue weighted by Crippen LogP contribution is -1.98. The molecule has 0 N–H and O–H groups in total. The van der Waals surface area contributed by atoms with Gasteiger partial charge in [-0.05, 0) is 13.0 Å². The van der Waals surface area contributed by atoms with Gasteiger partial charge >= 0.3 is 0 Å². The molecule has 0 aliphatic carbocycles. The van der Waals surface area contributed by atoms with Crippen LogP contribution >= 0.6 is 11.6 Å². The summed E-state index contributed by atoms with van der Waals surface area (Å²) in [5.74, 6) is 0. The van der Waals surface area contributed by atoms with E-state index in [4.69, 9.17) is 11.6 Å². The number of aromatic nitrogens is 2. The highest BCUT2D eigenvalue weighted by atomic mass is 35.5. The molecule has 1 heterocycles. The highest BCUT2D eigenvalue weighted by Gasteiger charge is 2.07. The van der Waals surface area contributed by atoms with Crippen LogP contribution in [0.2, 0.25) is 5.02 Å². The van der Waals surface area contributed by atoms with Crippen LogP contribution in [0.1, 0.15) is 6.92 Å². The smallest absolute Gasteiger partial charge is 0.0776 e. The molecule has 0 saturated heterocycles. The molecule has 0 fully saturated rings. The second-order valence-corrected chi connectivity index (χ2v) is 3.34. The van der Waals surface area contributed by atoms with Gasteiger partial charge in [-0.25, -0.2) is 0 Å². The van der Waals surface area contributed by atoms with Gasteiger partial charge in [0.1, 0.15) is 0 Å². The molecule has 71 valence electrons. The summed E-state index contributed by atoms with van der Waals surface area (Å²) >= 11 is 6.08. The van der Waals surface area contributed by atoms with Crippen molar-refractivity contribution in [2.45, 2.75) is 13.5 Å². The zero-order valence-electron chi connectivity index (χ0n) is 7.87. The third-order valence-electron chi connectivity index (χ3n) is 2.09. The molecule has 0 bridgehead atoms. The highest BCUT2D eigenvalue weighted by molar-refractivity contribution is 6.33. The first kappa shape index (κ1) is 9.28. The molecule has 1 radical (unpaired) electrons. The molecule has 2 rings (SSSR count). The number of aryl methyl sites for hydroxylation is 1. The molecule has 1 aromatic heterocycles. The van der Waals surface area contributed by atoms with Gasteiger partial charge < -0.3 is 0 Å². The molecule has 0 saturated carbocycles. The van der Waals surface area contributed by atoms with E-state index in [2.05, 4.69) is 11.2 Å². The molecule has 0 spiro atoms. The summed E-state index contributed by atoms with van der Waals surface area (Å²) in [6, 6.07) is 10.8. The minimum absolute atomic E-state index is 0.735. The van der Waals surface area contributed by atoms with Gasteiger partial charge in [-0.1, -0.05) is 29.8 Å². The van der Waals surface area contributed by atoms with Gasteiger partial charge in [-0.15, -0.1) is 0 Å². The number of rotatable bonds is 2.